The van der Waals surface area contributed by atoms with Gasteiger partial charge in [0.15, 0.2) is 0 Å². The summed E-state index contributed by atoms with van der Waals surface area (Å²) in [5.41, 5.74) is -0.0501. The monoisotopic (exact) mass is 288 g/mol. The Hall–Kier alpha value is -0.900. The van der Waals surface area contributed by atoms with Crippen molar-refractivity contribution in [2.24, 2.45) is 0 Å². The number of hydrogen-bond acceptors (Lipinski definition) is 2. The molecule has 0 atom stereocenters. The zero-order valence-corrected chi connectivity index (χ0v) is 11.1. The van der Waals surface area contributed by atoms with Gasteiger partial charge in [-0.05, 0) is 54.4 Å². The maximum Gasteiger partial charge on any atom is 0.315 e. The van der Waals surface area contributed by atoms with Gasteiger partial charge >= 0.3 is 5.97 Å². The van der Waals surface area contributed by atoms with Crippen LogP contribution in [0.3, 0.4) is 0 Å². The number of benzene rings is 1. The predicted octanol–water partition coefficient (Wildman–Crippen LogP) is 3.43. The Morgan fingerprint density at radius 3 is 2.62 bits per heavy atom. The Kier molecular flexibility index (Phi) is 4.08. The largest absolute Gasteiger partial charge is 0.465 e. The molecule has 1 rings (SSSR count). The molecule has 2 nitrogen and oxygen atoms in total. The highest BCUT2D eigenvalue weighted by Crippen LogP contribution is 2.28. The van der Waals surface area contributed by atoms with Crippen molar-refractivity contribution in [1.29, 1.82) is 0 Å². The smallest absolute Gasteiger partial charge is 0.315 e. The maximum absolute atomic E-state index is 13.1. The van der Waals surface area contributed by atoms with Crippen molar-refractivity contribution in [1.82, 2.24) is 0 Å². The van der Waals surface area contributed by atoms with E-state index in [2.05, 4.69) is 15.9 Å². The van der Waals surface area contributed by atoms with Gasteiger partial charge in [-0.15, -0.1) is 0 Å². The maximum atomic E-state index is 13.1. The molecule has 1 aromatic rings. The summed E-state index contributed by atoms with van der Waals surface area (Å²) in [5, 5.41) is 0. The van der Waals surface area contributed by atoms with E-state index in [0.29, 0.717) is 11.1 Å². The lowest BCUT2D eigenvalue weighted by Gasteiger charge is -2.23. The van der Waals surface area contributed by atoms with E-state index >= 15 is 0 Å². The molecule has 0 fully saturated rings. The van der Waals surface area contributed by atoms with Crippen LogP contribution >= 0.6 is 15.9 Å². The second-order valence-electron chi connectivity index (χ2n) is 3.97. The first-order valence-corrected chi connectivity index (χ1v) is 5.81. The van der Waals surface area contributed by atoms with E-state index in [0.717, 1.165) is 5.56 Å². The molecule has 0 N–H and O–H groups in total. The molecule has 0 unspecified atom stereocenters. The van der Waals surface area contributed by atoms with Gasteiger partial charge in [-0.25, -0.2) is 4.39 Å². The molecule has 88 valence electrons. The van der Waals surface area contributed by atoms with Crippen LogP contribution in [-0.2, 0) is 14.9 Å². The summed E-state index contributed by atoms with van der Waals surface area (Å²) in [7, 11) is 0. The Labute approximate surface area is 103 Å². The van der Waals surface area contributed by atoms with Crippen molar-refractivity contribution in [2.75, 3.05) is 6.61 Å². The molecule has 1 aromatic carbocycles. The van der Waals surface area contributed by atoms with Crippen molar-refractivity contribution in [3.05, 3.63) is 34.1 Å². The summed E-state index contributed by atoms with van der Waals surface area (Å²) in [6.45, 7) is 5.61. The van der Waals surface area contributed by atoms with Crippen LogP contribution in [0, 0.1) is 5.82 Å². The molecule has 0 amide bonds. The third-order valence-corrected chi connectivity index (χ3v) is 3.03. The molecule has 0 bridgehead atoms. The average molecular weight is 289 g/mol. The Balaban J connectivity index is 3.06. The number of ether oxygens (including phenoxy) is 1. The fourth-order valence-corrected chi connectivity index (χ4v) is 1.69. The highest BCUT2D eigenvalue weighted by Gasteiger charge is 2.31. The van der Waals surface area contributed by atoms with E-state index in [9.17, 15) is 9.18 Å². The molecular formula is C12H14BrFO2. The minimum atomic E-state index is -0.772. The first-order valence-electron chi connectivity index (χ1n) is 5.02. The third kappa shape index (κ3) is 2.61. The minimum absolute atomic E-state index is 0.312. The summed E-state index contributed by atoms with van der Waals surface area (Å²) in [6, 6.07) is 4.53. The fraction of sp³-hybridized carbons (Fsp3) is 0.417. The van der Waals surface area contributed by atoms with Crippen LogP contribution < -0.4 is 0 Å². The lowest BCUT2D eigenvalue weighted by Crippen LogP contribution is -2.31. The second kappa shape index (κ2) is 4.95. The molecule has 0 spiro atoms. The first-order chi connectivity index (χ1) is 7.39. The van der Waals surface area contributed by atoms with Crippen molar-refractivity contribution < 1.29 is 13.9 Å². The van der Waals surface area contributed by atoms with Gasteiger partial charge in [0.05, 0.1) is 16.5 Å². The molecule has 4 heteroatoms. The van der Waals surface area contributed by atoms with Gasteiger partial charge in [0, 0.05) is 0 Å². The highest BCUT2D eigenvalue weighted by molar-refractivity contribution is 9.10. The molecule has 0 aliphatic heterocycles. The van der Waals surface area contributed by atoms with Crippen LogP contribution in [0.2, 0.25) is 0 Å². The molecule has 0 saturated carbocycles. The van der Waals surface area contributed by atoms with E-state index < -0.39 is 5.41 Å². The summed E-state index contributed by atoms with van der Waals surface area (Å²) in [4.78, 5) is 11.7. The highest BCUT2D eigenvalue weighted by atomic mass is 79.9. The normalized spacial score (nSPS) is 11.3. The summed E-state index contributed by atoms with van der Waals surface area (Å²) >= 11 is 3.10. The van der Waals surface area contributed by atoms with Crippen LogP contribution in [0.1, 0.15) is 26.3 Å². The number of hydrogen-bond donors (Lipinski definition) is 0. The van der Waals surface area contributed by atoms with E-state index in [1.54, 1.807) is 32.9 Å². The van der Waals surface area contributed by atoms with Crippen molar-refractivity contribution in [3.63, 3.8) is 0 Å². The molecule has 0 aliphatic rings. The van der Waals surface area contributed by atoms with Gasteiger partial charge in [0.25, 0.3) is 0 Å². The van der Waals surface area contributed by atoms with Crippen molar-refractivity contribution >= 4 is 21.9 Å². The first kappa shape index (κ1) is 13.2. The molecule has 0 aliphatic carbocycles. The quantitative estimate of drug-likeness (QED) is 0.797. The van der Waals surface area contributed by atoms with Crippen LogP contribution in [-0.4, -0.2) is 12.6 Å². The number of rotatable bonds is 3. The van der Waals surface area contributed by atoms with Crippen LogP contribution in [0.25, 0.3) is 0 Å². The third-order valence-electron chi connectivity index (χ3n) is 2.43. The van der Waals surface area contributed by atoms with E-state index in [4.69, 9.17) is 4.74 Å². The summed E-state index contributed by atoms with van der Waals surface area (Å²) in [6.07, 6.45) is 0. The van der Waals surface area contributed by atoms with Gasteiger partial charge in [0.1, 0.15) is 5.82 Å². The molecule has 0 saturated heterocycles. The lowest BCUT2D eigenvalue weighted by molar-refractivity contribution is -0.148. The van der Waals surface area contributed by atoms with E-state index in [1.165, 1.54) is 6.07 Å². The lowest BCUT2D eigenvalue weighted by atomic mass is 9.85. The number of carbonyl (C=O) groups excluding carboxylic acids is 1. The second-order valence-corrected chi connectivity index (χ2v) is 4.83. The van der Waals surface area contributed by atoms with E-state index in [-0.39, 0.29) is 11.8 Å². The van der Waals surface area contributed by atoms with Gasteiger partial charge in [-0.3, -0.25) is 4.79 Å². The SMILES string of the molecule is CCOC(=O)C(C)(C)c1ccc(F)c(Br)c1. The molecule has 0 heterocycles. The molecule has 0 aromatic heterocycles. The number of esters is 1. The number of carbonyl (C=O) groups is 1. The Morgan fingerprint density at radius 2 is 2.12 bits per heavy atom. The molecule has 0 radical (unpaired) electrons. The van der Waals surface area contributed by atoms with Gasteiger partial charge in [0.2, 0.25) is 0 Å². The average Bonchev–Trinajstić information content (AvgIpc) is 2.22. The fourth-order valence-electron chi connectivity index (χ4n) is 1.31. The minimum Gasteiger partial charge on any atom is -0.465 e. The van der Waals surface area contributed by atoms with Crippen LogP contribution in [0.15, 0.2) is 22.7 Å². The topological polar surface area (TPSA) is 26.3 Å². The summed E-state index contributed by atoms with van der Waals surface area (Å²) in [5.74, 6) is -0.656. The van der Waals surface area contributed by atoms with Gasteiger partial charge < -0.3 is 4.74 Å². The van der Waals surface area contributed by atoms with Gasteiger partial charge in [-0.1, -0.05) is 6.07 Å². The van der Waals surface area contributed by atoms with E-state index in [1.807, 2.05) is 0 Å². The standard InChI is InChI=1S/C12H14BrFO2/c1-4-16-11(15)12(2,3)8-5-6-10(14)9(13)7-8/h5-7H,4H2,1-3H3. The zero-order valence-electron chi connectivity index (χ0n) is 9.51. The zero-order chi connectivity index (χ0) is 12.3. The summed E-state index contributed by atoms with van der Waals surface area (Å²) < 4.78 is 18.4. The Morgan fingerprint density at radius 1 is 1.50 bits per heavy atom. The van der Waals surface area contributed by atoms with Crippen LogP contribution in [0.5, 0.6) is 0 Å². The van der Waals surface area contributed by atoms with Crippen LogP contribution in [0.4, 0.5) is 4.39 Å². The van der Waals surface area contributed by atoms with Crippen molar-refractivity contribution in [2.45, 2.75) is 26.2 Å². The molecule has 16 heavy (non-hydrogen) atoms. The van der Waals surface area contributed by atoms with Gasteiger partial charge in [-0.2, -0.15) is 0 Å². The predicted molar refractivity (Wildman–Crippen MR) is 63.8 cm³/mol. The van der Waals surface area contributed by atoms with Crippen molar-refractivity contribution in [3.8, 4) is 0 Å². The Bertz CT molecular complexity index is 402. The number of halogens is 2. The molecular weight excluding hydrogens is 275 g/mol.